The molecule has 0 bridgehead atoms. The van der Waals surface area contributed by atoms with Crippen molar-refractivity contribution in [1.29, 1.82) is 0 Å². The summed E-state index contributed by atoms with van der Waals surface area (Å²) in [5.41, 5.74) is 1.24. The molecule has 1 heterocycles. The van der Waals surface area contributed by atoms with E-state index in [2.05, 4.69) is 5.10 Å². The standard InChI is InChI=1S/C21H20N2O4/c1-3-27-21(26)18-17(15-10-6-4-7-11-15)19(23(22-18)14(2)24)20(25)16-12-8-5-9-13-16/h4-13,17,19H,3H2,1-2H3/t17-,19+/m1/s1. The van der Waals surface area contributed by atoms with Crippen LogP contribution in [0.25, 0.3) is 0 Å². The van der Waals surface area contributed by atoms with E-state index in [4.69, 9.17) is 4.74 Å². The van der Waals surface area contributed by atoms with Crippen molar-refractivity contribution in [2.24, 2.45) is 5.10 Å². The van der Waals surface area contributed by atoms with Gasteiger partial charge in [-0.1, -0.05) is 60.7 Å². The van der Waals surface area contributed by atoms with Gasteiger partial charge in [0.15, 0.2) is 11.5 Å². The largest absolute Gasteiger partial charge is 0.461 e. The molecule has 1 aliphatic rings. The lowest BCUT2D eigenvalue weighted by molar-refractivity contribution is -0.135. The van der Waals surface area contributed by atoms with Crippen molar-refractivity contribution in [3.8, 4) is 0 Å². The van der Waals surface area contributed by atoms with Crippen molar-refractivity contribution >= 4 is 23.4 Å². The molecular formula is C21H20N2O4. The van der Waals surface area contributed by atoms with E-state index in [-0.39, 0.29) is 18.1 Å². The highest BCUT2D eigenvalue weighted by Gasteiger charge is 2.47. The number of hydrogen-bond acceptors (Lipinski definition) is 5. The first-order valence-electron chi connectivity index (χ1n) is 8.74. The van der Waals surface area contributed by atoms with E-state index >= 15 is 0 Å². The molecule has 1 aliphatic heterocycles. The Labute approximate surface area is 157 Å². The summed E-state index contributed by atoms with van der Waals surface area (Å²) in [6.45, 7) is 3.20. The smallest absolute Gasteiger partial charge is 0.355 e. The summed E-state index contributed by atoms with van der Waals surface area (Å²) in [6, 6.07) is 16.9. The third-order valence-corrected chi connectivity index (χ3v) is 4.38. The second-order valence-electron chi connectivity index (χ2n) is 6.13. The zero-order valence-corrected chi connectivity index (χ0v) is 15.2. The number of rotatable bonds is 5. The SMILES string of the molecule is CCOC(=O)C1=NN(C(C)=O)[C@H](C(=O)c2ccccc2)[C@@H]1c1ccccc1. The first kappa shape index (κ1) is 18.5. The van der Waals surface area contributed by atoms with Crippen LogP contribution in [0.15, 0.2) is 65.8 Å². The van der Waals surface area contributed by atoms with Crippen LogP contribution in [0, 0.1) is 0 Å². The highest BCUT2D eigenvalue weighted by Crippen LogP contribution is 2.34. The molecule has 6 heteroatoms. The Bertz CT molecular complexity index is 878. The molecule has 0 spiro atoms. The number of Topliss-reactive ketones (excluding diaryl/α,β-unsaturated/α-hetero) is 1. The fourth-order valence-electron chi connectivity index (χ4n) is 3.21. The molecule has 3 rings (SSSR count). The molecular weight excluding hydrogens is 344 g/mol. The molecule has 2 aromatic rings. The molecule has 0 aromatic heterocycles. The van der Waals surface area contributed by atoms with E-state index in [1.807, 2.05) is 36.4 Å². The molecule has 0 radical (unpaired) electrons. The van der Waals surface area contributed by atoms with Gasteiger partial charge in [-0.05, 0) is 12.5 Å². The van der Waals surface area contributed by atoms with Crippen LogP contribution in [0.2, 0.25) is 0 Å². The van der Waals surface area contributed by atoms with Gasteiger partial charge in [0.2, 0.25) is 5.91 Å². The lowest BCUT2D eigenvalue weighted by Crippen LogP contribution is -2.42. The zero-order valence-electron chi connectivity index (χ0n) is 15.2. The van der Waals surface area contributed by atoms with Gasteiger partial charge < -0.3 is 4.74 Å². The number of carbonyl (C=O) groups is 3. The Morgan fingerprint density at radius 2 is 1.59 bits per heavy atom. The quantitative estimate of drug-likeness (QED) is 0.604. The summed E-state index contributed by atoms with van der Waals surface area (Å²) in [5.74, 6) is -2.00. The van der Waals surface area contributed by atoms with Gasteiger partial charge in [0.05, 0.1) is 12.5 Å². The Balaban J connectivity index is 2.11. The first-order chi connectivity index (χ1) is 13.0. The van der Waals surface area contributed by atoms with Crippen LogP contribution in [-0.2, 0) is 14.3 Å². The number of amides is 1. The van der Waals surface area contributed by atoms with Crippen LogP contribution < -0.4 is 0 Å². The Morgan fingerprint density at radius 1 is 1.00 bits per heavy atom. The van der Waals surface area contributed by atoms with Crippen LogP contribution in [0.1, 0.15) is 35.7 Å². The molecule has 2 atom stereocenters. The van der Waals surface area contributed by atoms with Crippen molar-refractivity contribution in [2.45, 2.75) is 25.8 Å². The van der Waals surface area contributed by atoms with Gasteiger partial charge in [-0.3, -0.25) is 9.59 Å². The number of hydrazone groups is 1. The van der Waals surface area contributed by atoms with Crippen molar-refractivity contribution in [1.82, 2.24) is 5.01 Å². The predicted octanol–water partition coefficient (Wildman–Crippen LogP) is 2.80. The average molecular weight is 364 g/mol. The molecule has 138 valence electrons. The summed E-state index contributed by atoms with van der Waals surface area (Å²) in [4.78, 5) is 38.0. The molecule has 0 fully saturated rings. The van der Waals surface area contributed by atoms with E-state index < -0.39 is 23.8 Å². The van der Waals surface area contributed by atoms with Gasteiger partial charge in [0.1, 0.15) is 6.04 Å². The van der Waals surface area contributed by atoms with Crippen molar-refractivity contribution < 1.29 is 19.1 Å². The normalized spacial score (nSPS) is 18.7. The monoisotopic (exact) mass is 364 g/mol. The number of benzene rings is 2. The number of ether oxygens (including phenoxy) is 1. The van der Waals surface area contributed by atoms with E-state index in [1.165, 1.54) is 6.92 Å². The van der Waals surface area contributed by atoms with Crippen LogP contribution in [0.5, 0.6) is 0 Å². The summed E-state index contributed by atoms with van der Waals surface area (Å²) >= 11 is 0. The lowest BCUT2D eigenvalue weighted by Gasteiger charge is -2.25. The number of esters is 1. The van der Waals surface area contributed by atoms with E-state index in [0.29, 0.717) is 5.56 Å². The van der Waals surface area contributed by atoms with E-state index in [1.54, 1.807) is 31.2 Å². The second kappa shape index (κ2) is 7.95. The van der Waals surface area contributed by atoms with Crippen molar-refractivity contribution in [3.05, 3.63) is 71.8 Å². The van der Waals surface area contributed by atoms with Gasteiger partial charge >= 0.3 is 5.97 Å². The molecule has 0 aliphatic carbocycles. The van der Waals surface area contributed by atoms with Crippen LogP contribution in [-0.4, -0.2) is 41.0 Å². The maximum Gasteiger partial charge on any atom is 0.355 e. The second-order valence-corrected chi connectivity index (χ2v) is 6.13. The molecule has 27 heavy (non-hydrogen) atoms. The van der Waals surface area contributed by atoms with Crippen molar-refractivity contribution in [2.75, 3.05) is 6.61 Å². The van der Waals surface area contributed by atoms with E-state index in [9.17, 15) is 14.4 Å². The third kappa shape index (κ3) is 3.65. The molecule has 0 N–H and O–H groups in total. The molecule has 6 nitrogen and oxygen atoms in total. The molecule has 2 aromatic carbocycles. The highest BCUT2D eigenvalue weighted by molar-refractivity contribution is 6.40. The summed E-state index contributed by atoms with van der Waals surface area (Å²) in [5, 5.41) is 5.29. The average Bonchev–Trinajstić information content (AvgIpc) is 3.10. The minimum atomic E-state index is -0.938. The topological polar surface area (TPSA) is 76.0 Å². The highest BCUT2D eigenvalue weighted by atomic mass is 16.5. The summed E-state index contributed by atoms with van der Waals surface area (Å²) < 4.78 is 5.12. The maximum absolute atomic E-state index is 13.3. The lowest BCUT2D eigenvalue weighted by atomic mass is 9.84. The molecule has 0 saturated heterocycles. The molecule has 0 saturated carbocycles. The maximum atomic E-state index is 13.3. The third-order valence-electron chi connectivity index (χ3n) is 4.38. The van der Waals surface area contributed by atoms with Crippen LogP contribution in [0.3, 0.4) is 0 Å². The van der Waals surface area contributed by atoms with Gasteiger partial charge in [0.25, 0.3) is 0 Å². The Hall–Kier alpha value is -3.28. The number of hydrogen-bond donors (Lipinski definition) is 0. The number of nitrogens with zero attached hydrogens (tertiary/aromatic N) is 2. The van der Waals surface area contributed by atoms with E-state index in [0.717, 1.165) is 10.6 Å². The zero-order chi connectivity index (χ0) is 19.4. The minimum Gasteiger partial charge on any atom is -0.461 e. The van der Waals surface area contributed by atoms with Gasteiger partial charge in [-0.15, -0.1) is 0 Å². The number of carbonyl (C=O) groups excluding carboxylic acids is 3. The first-order valence-corrected chi connectivity index (χ1v) is 8.74. The Morgan fingerprint density at radius 3 is 2.15 bits per heavy atom. The van der Waals surface area contributed by atoms with Gasteiger partial charge in [-0.2, -0.15) is 5.10 Å². The van der Waals surface area contributed by atoms with Crippen molar-refractivity contribution in [3.63, 3.8) is 0 Å². The minimum absolute atomic E-state index is 0.0625. The summed E-state index contributed by atoms with van der Waals surface area (Å²) in [6.07, 6.45) is 0. The van der Waals surface area contributed by atoms with Crippen LogP contribution in [0.4, 0.5) is 0 Å². The van der Waals surface area contributed by atoms with Gasteiger partial charge in [0, 0.05) is 12.5 Å². The molecule has 0 unspecified atom stereocenters. The van der Waals surface area contributed by atoms with Gasteiger partial charge in [-0.25, -0.2) is 9.80 Å². The number of ketones is 1. The summed E-state index contributed by atoms with van der Waals surface area (Å²) in [7, 11) is 0. The fourth-order valence-corrected chi connectivity index (χ4v) is 3.21. The van der Waals surface area contributed by atoms with Crippen LogP contribution >= 0.6 is 0 Å². The fraction of sp³-hybridized carbons (Fsp3) is 0.238. The predicted molar refractivity (Wildman–Crippen MR) is 100 cm³/mol. The molecule has 1 amide bonds. The Kier molecular flexibility index (Phi) is 5.45.